The average Bonchev–Trinajstić information content (AvgIpc) is 2.29. The van der Waals surface area contributed by atoms with Gasteiger partial charge in [-0.1, -0.05) is 57.2 Å². The van der Waals surface area contributed by atoms with E-state index < -0.39 is 0 Å². The maximum Gasteiger partial charge on any atom is 0.0227 e. The van der Waals surface area contributed by atoms with Gasteiger partial charge in [0.1, 0.15) is 0 Å². The Morgan fingerprint density at radius 2 is 1.94 bits per heavy atom. The van der Waals surface area contributed by atoms with Crippen LogP contribution in [0.5, 0.6) is 0 Å². The molecule has 0 aliphatic rings. The van der Waals surface area contributed by atoms with Crippen LogP contribution in [0.3, 0.4) is 0 Å². The fourth-order valence-corrected chi connectivity index (χ4v) is 2.43. The lowest BCUT2D eigenvalue weighted by Gasteiger charge is -2.18. The lowest BCUT2D eigenvalue weighted by molar-refractivity contribution is 0.750. The summed E-state index contributed by atoms with van der Waals surface area (Å²) in [7, 11) is 0. The van der Waals surface area contributed by atoms with Crippen LogP contribution in [-0.4, -0.2) is 0 Å². The van der Waals surface area contributed by atoms with Gasteiger partial charge in [0.05, 0.1) is 0 Å². The normalized spacial score (nSPS) is 12.2. The van der Waals surface area contributed by atoms with Crippen LogP contribution in [-0.2, 0) is 6.42 Å². The van der Waals surface area contributed by atoms with Crippen molar-refractivity contribution >= 4 is 5.57 Å². The van der Waals surface area contributed by atoms with Gasteiger partial charge in [-0.25, -0.2) is 0 Å². The number of hydrogen-bond acceptors (Lipinski definition) is 1. The van der Waals surface area contributed by atoms with Gasteiger partial charge in [0.2, 0.25) is 0 Å². The van der Waals surface area contributed by atoms with Crippen molar-refractivity contribution in [3.63, 3.8) is 0 Å². The van der Waals surface area contributed by atoms with E-state index in [2.05, 4.69) is 52.1 Å². The van der Waals surface area contributed by atoms with Gasteiger partial charge >= 0.3 is 0 Å². The van der Waals surface area contributed by atoms with Crippen molar-refractivity contribution in [3.8, 4) is 0 Å². The van der Waals surface area contributed by atoms with Crippen LogP contribution >= 0.6 is 0 Å². The number of nitrogens with two attached hydrogens (primary N) is 1. The molecule has 2 N–H and O–H groups in total. The summed E-state index contributed by atoms with van der Waals surface area (Å²) in [5.41, 5.74) is 11.7. The predicted molar refractivity (Wildman–Crippen MR) is 81.5 cm³/mol. The quantitative estimate of drug-likeness (QED) is 0.774. The summed E-state index contributed by atoms with van der Waals surface area (Å²) in [6.07, 6.45) is 3.22. The molecular weight excluding hydrogens is 218 g/mol. The molecule has 0 aromatic heterocycles. The van der Waals surface area contributed by atoms with Gasteiger partial charge in [0, 0.05) is 11.6 Å². The molecule has 1 aromatic carbocycles. The minimum Gasteiger partial charge on any atom is -0.402 e. The number of rotatable bonds is 6. The number of hydrogen-bond donors (Lipinski definition) is 1. The first-order valence-corrected chi connectivity index (χ1v) is 6.74. The third-order valence-electron chi connectivity index (χ3n) is 3.37. The molecule has 0 amide bonds. The van der Waals surface area contributed by atoms with Crippen LogP contribution in [0, 0.1) is 0 Å². The van der Waals surface area contributed by atoms with Crippen molar-refractivity contribution in [3.05, 3.63) is 53.7 Å². The Kier molecular flexibility index (Phi) is 5.21. The first-order chi connectivity index (χ1) is 8.51. The summed E-state index contributed by atoms with van der Waals surface area (Å²) in [6.45, 7) is 14.4. The maximum absolute atomic E-state index is 5.89. The smallest absolute Gasteiger partial charge is 0.0227 e. The molecule has 0 saturated carbocycles. The van der Waals surface area contributed by atoms with Crippen LogP contribution in [0.2, 0.25) is 0 Å². The van der Waals surface area contributed by atoms with E-state index in [1.807, 2.05) is 0 Å². The first-order valence-electron chi connectivity index (χ1n) is 6.74. The Hall–Kier alpha value is -1.50. The molecule has 0 heterocycles. The van der Waals surface area contributed by atoms with Crippen LogP contribution in [0.15, 0.2) is 37.1 Å². The predicted octanol–water partition coefficient (Wildman–Crippen LogP) is 4.64. The number of benzene rings is 1. The van der Waals surface area contributed by atoms with Crippen molar-refractivity contribution in [2.75, 3.05) is 0 Å². The molecular formula is C17H25N. The fraction of sp³-hybridized carbons (Fsp3) is 0.412. The van der Waals surface area contributed by atoms with Gasteiger partial charge in [0.15, 0.2) is 0 Å². The van der Waals surface area contributed by atoms with Crippen LogP contribution < -0.4 is 5.73 Å². The highest BCUT2D eigenvalue weighted by Crippen LogP contribution is 2.28. The van der Waals surface area contributed by atoms with Crippen molar-refractivity contribution in [2.24, 2.45) is 5.73 Å². The molecule has 1 aromatic rings. The summed E-state index contributed by atoms with van der Waals surface area (Å²) in [5, 5.41) is 0. The van der Waals surface area contributed by atoms with E-state index in [1.54, 1.807) is 0 Å². The summed E-state index contributed by atoms with van der Waals surface area (Å²) < 4.78 is 0. The molecule has 0 fully saturated rings. The second-order valence-electron chi connectivity index (χ2n) is 4.98. The van der Waals surface area contributed by atoms with Gasteiger partial charge in [-0.3, -0.25) is 0 Å². The largest absolute Gasteiger partial charge is 0.402 e. The second kappa shape index (κ2) is 6.44. The highest BCUT2D eigenvalue weighted by molar-refractivity contribution is 5.65. The Bertz CT molecular complexity index is 443. The third kappa shape index (κ3) is 3.25. The summed E-state index contributed by atoms with van der Waals surface area (Å²) >= 11 is 0. The van der Waals surface area contributed by atoms with E-state index in [0.717, 1.165) is 30.5 Å². The zero-order chi connectivity index (χ0) is 13.7. The molecule has 0 radical (unpaired) electrons. The lowest BCUT2D eigenvalue weighted by atomic mass is 9.88. The first kappa shape index (κ1) is 14.6. The van der Waals surface area contributed by atoms with E-state index in [-0.39, 0.29) is 5.92 Å². The van der Waals surface area contributed by atoms with Crippen molar-refractivity contribution < 1.29 is 0 Å². The standard InChI is InChI=1S/C17H25N/c1-6-8-14-11-15(16(7-2)13(5)18)9-10-17(14)12(3)4/h9-11,16H,3,5-8,18H2,1-2,4H3. The molecule has 1 unspecified atom stereocenters. The maximum atomic E-state index is 5.89. The van der Waals surface area contributed by atoms with E-state index in [9.17, 15) is 0 Å². The van der Waals surface area contributed by atoms with Crippen molar-refractivity contribution in [1.29, 1.82) is 0 Å². The molecule has 1 rings (SSSR count). The second-order valence-corrected chi connectivity index (χ2v) is 4.98. The summed E-state index contributed by atoms with van der Waals surface area (Å²) in [5.74, 6) is 0.264. The molecule has 0 spiro atoms. The molecule has 98 valence electrons. The lowest BCUT2D eigenvalue weighted by Crippen LogP contribution is -2.09. The van der Waals surface area contributed by atoms with Gasteiger partial charge < -0.3 is 5.73 Å². The van der Waals surface area contributed by atoms with E-state index in [4.69, 9.17) is 5.73 Å². The topological polar surface area (TPSA) is 26.0 Å². The number of allylic oxidation sites excluding steroid dienone is 2. The van der Waals surface area contributed by atoms with Gasteiger partial charge in [-0.05, 0) is 36.5 Å². The average molecular weight is 243 g/mol. The van der Waals surface area contributed by atoms with Crippen LogP contribution in [0.4, 0.5) is 0 Å². The van der Waals surface area contributed by atoms with E-state index in [1.165, 1.54) is 16.7 Å². The molecule has 1 heteroatoms. The van der Waals surface area contributed by atoms with E-state index in [0.29, 0.717) is 0 Å². The Balaban J connectivity index is 3.21. The molecule has 18 heavy (non-hydrogen) atoms. The van der Waals surface area contributed by atoms with E-state index >= 15 is 0 Å². The zero-order valence-corrected chi connectivity index (χ0v) is 11.9. The summed E-state index contributed by atoms with van der Waals surface area (Å²) in [4.78, 5) is 0. The molecule has 0 aliphatic heterocycles. The zero-order valence-electron chi connectivity index (χ0n) is 11.9. The van der Waals surface area contributed by atoms with Gasteiger partial charge in [0.25, 0.3) is 0 Å². The van der Waals surface area contributed by atoms with Gasteiger partial charge in [-0.2, -0.15) is 0 Å². The third-order valence-corrected chi connectivity index (χ3v) is 3.37. The highest BCUT2D eigenvalue weighted by atomic mass is 14.6. The molecule has 1 nitrogen and oxygen atoms in total. The summed E-state index contributed by atoms with van der Waals surface area (Å²) in [6, 6.07) is 6.61. The van der Waals surface area contributed by atoms with Gasteiger partial charge in [-0.15, -0.1) is 0 Å². The highest BCUT2D eigenvalue weighted by Gasteiger charge is 2.13. The Morgan fingerprint density at radius 1 is 1.28 bits per heavy atom. The van der Waals surface area contributed by atoms with Crippen LogP contribution in [0.1, 0.15) is 56.2 Å². The molecule has 0 bridgehead atoms. The van der Waals surface area contributed by atoms with Crippen LogP contribution in [0.25, 0.3) is 5.57 Å². The molecule has 0 saturated heterocycles. The molecule has 1 atom stereocenters. The number of aryl methyl sites for hydroxylation is 1. The minimum atomic E-state index is 0.264. The SMILES string of the molecule is C=C(C)c1ccc(C(CC)C(=C)N)cc1CCC. The molecule has 0 aliphatic carbocycles. The van der Waals surface area contributed by atoms with Crippen molar-refractivity contribution in [2.45, 2.75) is 46.0 Å². The Morgan fingerprint density at radius 3 is 2.39 bits per heavy atom. The Labute approximate surface area is 111 Å². The monoisotopic (exact) mass is 243 g/mol. The van der Waals surface area contributed by atoms with Crippen molar-refractivity contribution in [1.82, 2.24) is 0 Å². The minimum absolute atomic E-state index is 0.264. The fourth-order valence-electron chi connectivity index (χ4n) is 2.43.